The maximum atomic E-state index is 12.3. The fourth-order valence-corrected chi connectivity index (χ4v) is 3.68. The van der Waals surface area contributed by atoms with Crippen molar-refractivity contribution in [3.05, 3.63) is 41.7 Å². The molecule has 1 aromatic carbocycles. The maximum Gasteiger partial charge on any atom is 0.303 e. The number of aromatic nitrogens is 3. The Balaban J connectivity index is 1.61. The van der Waals surface area contributed by atoms with E-state index in [9.17, 15) is 9.59 Å². The molecular weight excluding hydrogens is 364 g/mol. The summed E-state index contributed by atoms with van der Waals surface area (Å²) in [7, 11) is 1.70. The van der Waals surface area contributed by atoms with E-state index in [2.05, 4.69) is 26.9 Å². The first-order chi connectivity index (χ1) is 13.0. The van der Waals surface area contributed by atoms with Gasteiger partial charge >= 0.3 is 5.97 Å². The monoisotopic (exact) mass is 388 g/mol. The average molecular weight is 388 g/mol. The molecule has 27 heavy (non-hydrogen) atoms. The van der Waals surface area contributed by atoms with Gasteiger partial charge in [-0.2, -0.15) is 0 Å². The van der Waals surface area contributed by atoms with Gasteiger partial charge in [0, 0.05) is 25.9 Å². The van der Waals surface area contributed by atoms with Crippen LogP contribution in [-0.2, 0) is 16.1 Å². The fourth-order valence-electron chi connectivity index (χ4n) is 2.79. The molecule has 8 heteroatoms. The van der Waals surface area contributed by atoms with Gasteiger partial charge in [-0.15, -0.1) is 10.2 Å². The van der Waals surface area contributed by atoms with Gasteiger partial charge in [-0.3, -0.25) is 9.59 Å². The summed E-state index contributed by atoms with van der Waals surface area (Å²) in [6, 6.07) is 10.2. The summed E-state index contributed by atoms with van der Waals surface area (Å²) in [5.74, 6) is 0.870. The zero-order valence-electron chi connectivity index (χ0n) is 15.4. The lowest BCUT2D eigenvalue weighted by Crippen LogP contribution is -2.29. The van der Waals surface area contributed by atoms with Gasteiger partial charge < -0.3 is 14.6 Å². The predicted octanol–water partition coefficient (Wildman–Crippen LogP) is 2.62. The fraction of sp³-hybridized carbons (Fsp3) is 0.474. The molecule has 2 aromatic rings. The quantitative estimate of drug-likeness (QED) is 0.630. The van der Waals surface area contributed by atoms with E-state index in [0.717, 1.165) is 23.8 Å². The highest BCUT2D eigenvalue weighted by Crippen LogP contribution is 2.40. The molecule has 0 spiro atoms. The van der Waals surface area contributed by atoms with Crippen LogP contribution in [0.4, 0.5) is 0 Å². The average Bonchev–Trinajstić information content (AvgIpc) is 3.42. The first-order valence-corrected chi connectivity index (χ1v) is 10.1. The van der Waals surface area contributed by atoms with Crippen molar-refractivity contribution in [2.24, 2.45) is 0 Å². The Hall–Kier alpha value is -2.35. The molecule has 0 aliphatic heterocycles. The van der Waals surface area contributed by atoms with Crippen molar-refractivity contribution in [2.75, 3.05) is 19.3 Å². The highest BCUT2D eigenvalue weighted by molar-refractivity contribution is 7.99. The molecule has 7 nitrogen and oxygen atoms in total. The third-order valence-electron chi connectivity index (χ3n) is 4.51. The molecule has 1 aromatic heterocycles. The van der Waals surface area contributed by atoms with Gasteiger partial charge in [0.15, 0.2) is 5.16 Å². The molecule has 0 saturated heterocycles. The number of aliphatic carboxylic acids is 1. The van der Waals surface area contributed by atoms with E-state index < -0.39 is 5.97 Å². The van der Waals surface area contributed by atoms with Crippen LogP contribution in [0.3, 0.4) is 0 Å². The second-order valence-electron chi connectivity index (χ2n) is 6.79. The van der Waals surface area contributed by atoms with E-state index in [1.165, 1.54) is 17.3 Å². The first kappa shape index (κ1) is 19.4. The van der Waals surface area contributed by atoms with Crippen LogP contribution in [0.5, 0.6) is 0 Å². The van der Waals surface area contributed by atoms with E-state index >= 15 is 0 Å². The summed E-state index contributed by atoms with van der Waals surface area (Å²) in [6.07, 6.45) is 2.81. The maximum absolute atomic E-state index is 12.3. The zero-order chi connectivity index (χ0) is 19.2. The minimum Gasteiger partial charge on any atom is -0.481 e. The van der Waals surface area contributed by atoms with Crippen molar-refractivity contribution in [2.45, 2.75) is 43.3 Å². The first-order valence-electron chi connectivity index (χ1n) is 9.10. The largest absolute Gasteiger partial charge is 0.481 e. The minimum atomic E-state index is -0.841. The number of thioether (sulfide) groups is 1. The molecule has 0 radical (unpaired) electrons. The van der Waals surface area contributed by atoms with Gasteiger partial charge in [-0.25, -0.2) is 0 Å². The summed E-state index contributed by atoms with van der Waals surface area (Å²) < 4.78 is 2.12. The summed E-state index contributed by atoms with van der Waals surface area (Å²) in [4.78, 5) is 24.5. The summed E-state index contributed by atoms with van der Waals surface area (Å²) in [5.41, 5.74) is 1.18. The van der Waals surface area contributed by atoms with Gasteiger partial charge in [-0.05, 0) is 24.8 Å². The number of amides is 1. The third-order valence-corrected chi connectivity index (χ3v) is 5.46. The van der Waals surface area contributed by atoms with E-state index in [0.29, 0.717) is 25.4 Å². The van der Waals surface area contributed by atoms with Gasteiger partial charge in [0.1, 0.15) is 5.82 Å². The van der Waals surface area contributed by atoms with Crippen molar-refractivity contribution in [3.63, 3.8) is 0 Å². The third kappa shape index (κ3) is 5.56. The van der Waals surface area contributed by atoms with Gasteiger partial charge in [0.2, 0.25) is 5.91 Å². The van der Waals surface area contributed by atoms with Crippen LogP contribution >= 0.6 is 11.8 Å². The molecule has 0 bridgehead atoms. The van der Waals surface area contributed by atoms with Crippen LogP contribution in [0.1, 0.15) is 43.0 Å². The number of nitrogens with zero attached hydrogens (tertiary/aromatic N) is 4. The molecule has 1 heterocycles. The number of hydrogen-bond donors (Lipinski definition) is 1. The van der Waals surface area contributed by atoms with E-state index in [4.69, 9.17) is 5.11 Å². The Morgan fingerprint density at radius 3 is 2.67 bits per heavy atom. The molecule has 1 amide bonds. The second kappa shape index (κ2) is 9.03. The Morgan fingerprint density at radius 2 is 2.00 bits per heavy atom. The van der Waals surface area contributed by atoms with Gasteiger partial charge in [0.25, 0.3) is 0 Å². The van der Waals surface area contributed by atoms with Crippen LogP contribution in [-0.4, -0.2) is 56.0 Å². The van der Waals surface area contributed by atoms with Gasteiger partial charge in [0.05, 0.1) is 12.3 Å². The Bertz CT molecular complexity index is 790. The molecule has 1 N–H and O–H groups in total. The van der Waals surface area contributed by atoms with Crippen molar-refractivity contribution in [1.29, 1.82) is 0 Å². The molecular formula is C19H24N4O3S. The highest BCUT2D eigenvalue weighted by atomic mass is 32.2. The lowest BCUT2D eigenvalue weighted by molar-refractivity contribution is -0.137. The number of carboxylic acids is 1. The molecule has 3 rings (SSSR count). The topological polar surface area (TPSA) is 88.3 Å². The van der Waals surface area contributed by atoms with Crippen LogP contribution in [0.2, 0.25) is 0 Å². The molecule has 1 aliphatic carbocycles. The lowest BCUT2D eigenvalue weighted by atomic mass is 10.2. The molecule has 0 atom stereocenters. The Kier molecular flexibility index (Phi) is 6.49. The summed E-state index contributed by atoms with van der Waals surface area (Å²) in [5, 5.41) is 18.1. The number of carbonyl (C=O) groups excluding carboxylic acids is 1. The van der Waals surface area contributed by atoms with Crippen LogP contribution in [0.15, 0.2) is 35.5 Å². The predicted molar refractivity (Wildman–Crippen MR) is 103 cm³/mol. The van der Waals surface area contributed by atoms with Crippen LogP contribution in [0, 0.1) is 0 Å². The number of benzene rings is 1. The normalized spacial score (nSPS) is 13.5. The number of rotatable bonds is 10. The van der Waals surface area contributed by atoms with E-state index in [1.807, 2.05) is 18.2 Å². The standard InChI is InChI=1S/C19H24N4O3S/c1-22(11-5-8-17(25)26)16(24)13-27-19-21-20-18(15-9-10-15)23(19)12-14-6-3-2-4-7-14/h2-4,6-7,15H,5,8-13H2,1H3,(H,25,26). The molecule has 1 aliphatic rings. The van der Waals surface area contributed by atoms with Gasteiger partial charge in [-0.1, -0.05) is 42.1 Å². The summed E-state index contributed by atoms with van der Waals surface area (Å²) in [6.45, 7) is 1.14. The van der Waals surface area contributed by atoms with Crippen LogP contribution in [0.25, 0.3) is 0 Å². The molecule has 144 valence electrons. The molecule has 0 unspecified atom stereocenters. The minimum absolute atomic E-state index is 0.0346. The van der Waals surface area contributed by atoms with Crippen molar-refractivity contribution < 1.29 is 14.7 Å². The zero-order valence-corrected chi connectivity index (χ0v) is 16.2. The summed E-state index contributed by atoms with van der Waals surface area (Å²) >= 11 is 1.39. The Morgan fingerprint density at radius 1 is 1.26 bits per heavy atom. The van der Waals surface area contributed by atoms with Crippen molar-refractivity contribution >= 4 is 23.6 Å². The number of carboxylic acid groups (broad SMARTS) is 1. The highest BCUT2D eigenvalue weighted by Gasteiger charge is 2.30. The van der Waals surface area contributed by atoms with E-state index in [1.54, 1.807) is 11.9 Å². The van der Waals surface area contributed by atoms with Crippen molar-refractivity contribution in [3.8, 4) is 0 Å². The van der Waals surface area contributed by atoms with Crippen LogP contribution < -0.4 is 0 Å². The lowest BCUT2D eigenvalue weighted by Gasteiger charge is -2.16. The van der Waals surface area contributed by atoms with Crippen molar-refractivity contribution in [1.82, 2.24) is 19.7 Å². The smallest absolute Gasteiger partial charge is 0.303 e. The number of hydrogen-bond acceptors (Lipinski definition) is 5. The van der Waals surface area contributed by atoms with E-state index in [-0.39, 0.29) is 18.1 Å². The Labute approximate surface area is 162 Å². The molecule has 1 saturated carbocycles. The molecule has 1 fully saturated rings. The number of carbonyl (C=O) groups is 2. The SMILES string of the molecule is CN(CCCC(=O)O)C(=O)CSc1nnc(C2CC2)n1Cc1ccccc1. The second-order valence-corrected chi connectivity index (χ2v) is 7.73.